The third-order valence-corrected chi connectivity index (χ3v) is 7.62. The Morgan fingerprint density at radius 3 is 1.73 bits per heavy atom. The van der Waals surface area contributed by atoms with E-state index in [1.807, 2.05) is 26.0 Å². The van der Waals surface area contributed by atoms with E-state index in [-0.39, 0.29) is 35.8 Å². The average molecular weight is 558 g/mol. The van der Waals surface area contributed by atoms with Crippen molar-refractivity contribution in [1.82, 2.24) is 5.32 Å². The average Bonchev–Trinajstić information content (AvgIpc) is 2.98. The minimum atomic E-state index is -0.969. The number of halogens is 3. The lowest BCUT2D eigenvalue weighted by Gasteiger charge is -2.34. The zero-order valence-corrected chi connectivity index (χ0v) is 23.3. The van der Waals surface area contributed by atoms with E-state index < -0.39 is 11.2 Å². The lowest BCUT2D eigenvalue weighted by Crippen LogP contribution is -2.45. The number of hydrogen-bond acceptors (Lipinski definition) is 2. The van der Waals surface area contributed by atoms with E-state index in [9.17, 15) is 22.8 Å². The summed E-state index contributed by atoms with van der Waals surface area (Å²) < 4.78 is 40.5. The fourth-order valence-corrected chi connectivity index (χ4v) is 5.32. The summed E-state index contributed by atoms with van der Waals surface area (Å²) in [6, 6.07) is 25.0. The van der Waals surface area contributed by atoms with E-state index in [1.54, 1.807) is 48.5 Å². The Morgan fingerprint density at radius 2 is 1.20 bits per heavy atom. The lowest BCUT2D eigenvalue weighted by molar-refractivity contribution is -0.128. The quantitative estimate of drug-likeness (QED) is 0.177. The first-order valence-electron chi connectivity index (χ1n) is 13.9. The van der Waals surface area contributed by atoms with Crippen molar-refractivity contribution < 1.29 is 22.8 Å². The number of ketones is 1. The van der Waals surface area contributed by atoms with Crippen LogP contribution in [0.3, 0.4) is 0 Å². The molecule has 212 valence electrons. The molecule has 3 nitrogen and oxygen atoms in total. The van der Waals surface area contributed by atoms with Crippen molar-refractivity contribution in [2.75, 3.05) is 0 Å². The Bertz CT molecular complexity index is 1450. The Kier molecular flexibility index (Phi) is 9.77. The topological polar surface area (TPSA) is 46.2 Å². The molecule has 0 radical (unpaired) electrons. The Labute approximate surface area is 239 Å². The van der Waals surface area contributed by atoms with Crippen molar-refractivity contribution >= 4 is 11.7 Å². The Morgan fingerprint density at radius 1 is 0.707 bits per heavy atom. The van der Waals surface area contributed by atoms with Gasteiger partial charge in [-0.2, -0.15) is 0 Å². The molecule has 4 aromatic carbocycles. The molecular weight excluding hydrogens is 523 g/mol. The van der Waals surface area contributed by atoms with E-state index in [0.717, 1.165) is 16.7 Å². The van der Waals surface area contributed by atoms with Crippen molar-refractivity contribution in [2.45, 2.75) is 57.4 Å². The summed E-state index contributed by atoms with van der Waals surface area (Å²) in [5.74, 6) is -1.30. The molecule has 0 aromatic heterocycles. The Hall–Kier alpha value is -4.19. The highest BCUT2D eigenvalue weighted by atomic mass is 19.1. The van der Waals surface area contributed by atoms with Crippen LogP contribution in [0.2, 0.25) is 0 Å². The maximum atomic E-state index is 13.9. The third-order valence-electron chi connectivity index (χ3n) is 7.62. The molecule has 4 rings (SSSR count). The maximum absolute atomic E-state index is 13.9. The molecule has 0 heterocycles. The molecular formula is C35H34F3NO2. The fourth-order valence-electron chi connectivity index (χ4n) is 5.32. The maximum Gasteiger partial charge on any atom is 0.231 e. The van der Waals surface area contributed by atoms with Gasteiger partial charge in [-0.25, -0.2) is 13.2 Å². The summed E-state index contributed by atoms with van der Waals surface area (Å²) >= 11 is 0. The molecule has 2 atom stereocenters. The smallest absolute Gasteiger partial charge is 0.231 e. The van der Waals surface area contributed by atoms with Gasteiger partial charge in [0.2, 0.25) is 5.91 Å². The zero-order chi connectivity index (χ0) is 29.4. The largest absolute Gasteiger partial charge is 0.349 e. The van der Waals surface area contributed by atoms with Gasteiger partial charge in [0.25, 0.3) is 0 Å². The van der Waals surface area contributed by atoms with Gasteiger partial charge >= 0.3 is 0 Å². The monoisotopic (exact) mass is 557 g/mol. The molecule has 0 fully saturated rings. The van der Waals surface area contributed by atoms with Gasteiger partial charge in [0.1, 0.15) is 17.5 Å². The minimum Gasteiger partial charge on any atom is -0.349 e. The van der Waals surface area contributed by atoms with Crippen LogP contribution in [0.25, 0.3) is 11.1 Å². The van der Waals surface area contributed by atoms with Gasteiger partial charge in [0.05, 0.1) is 11.5 Å². The molecule has 0 aliphatic heterocycles. The predicted molar refractivity (Wildman–Crippen MR) is 156 cm³/mol. The number of carbonyl (C=O) groups excluding carboxylic acids is 2. The van der Waals surface area contributed by atoms with Crippen molar-refractivity contribution in [2.24, 2.45) is 0 Å². The van der Waals surface area contributed by atoms with Crippen LogP contribution in [0.1, 0.15) is 73.5 Å². The number of carbonyl (C=O) groups is 2. The molecule has 1 unspecified atom stereocenters. The molecule has 0 aliphatic rings. The number of rotatable bonds is 12. The first kappa shape index (κ1) is 29.8. The summed E-state index contributed by atoms with van der Waals surface area (Å²) in [6.07, 6.45) is 2.31. The summed E-state index contributed by atoms with van der Waals surface area (Å²) in [5, 5.41) is 3.09. The van der Waals surface area contributed by atoms with Crippen LogP contribution in [-0.4, -0.2) is 11.7 Å². The SMILES string of the molecule is CCCC(CCCC(=O)c1ccc(-c2ccc(F)cc2)cc1)(C(=O)N[C@@H](C)c1ccc(F)cc1)c1ccc(F)cc1. The van der Waals surface area contributed by atoms with Crippen molar-refractivity contribution in [3.05, 3.63) is 131 Å². The van der Waals surface area contributed by atoms with Crippen LogP contribution >= 0.6 is 0 Å². The predicted octanol–water partition coefficient (Wildman–Crippen LogP) is 8.74. The normalized spacial score (nSPS) is 13.3. The van der Waals surface area contributed by atoms with Crippen LogP contribution in [0.5, 0.6) is 0 Å². The van der Waals surface area contributed by atoms with Crippen LogP contribution in [0.4, 0.5) is 13.2 Å². The van der Waals surface area contributed by atoms with Crippen molar-refractivity contribution in [1.29, 1.82) is 0 Å². The second-order valence-electron chi connectivity index (χ2n) is 10.4. The van der Waals surface area contributed by atoms with Gasteiger partial charge in [0.15, 0.2) is 5.78 Å². The highest BCUT2D eigenvalue weighted by molar-refractivity contribution is 5.96. The van der Waals surface area contributed by atoms with Crippen molar-refractivity contribution in [3.63, 3.8) is 0 Å². The molecule has 0 saturated heterocycles. The lowest BCUT2D eigenvalue weighted by atomic mass is 9.71. The molecule has 0 spiro atoms. The fraction of sp³-hybridized carbons (Fsp3) is 0.257. The van der Waals surface area contributed by atoms with Crippen molar-refractivity contribution in [3.8, 4) is 11.1 Å². The standard InChI is InChI=1S/C35H34F3NO2/c1-3-22-35(29-14-20-32(38)21-15-29,34(41)39-24(2)25-10-16-30(36)17-11-25)23-4-5-33(40)28-8-6-26(7-9-28)27-12-18-31(37)19-13-27/h6-21,24H,3-5,22-23H2,1-2H3,(H,39,41)/t24-,35?/m0/s1. The number of amides is 1. The van der Waals surface area contributed by atoms with E-state index in [2.05, 4.69) is 5.32 Å². The summed E-state index contributed by atoms with van der Waals surface area (Å²) in [4.78, 5) is 27.0. The number of hydrogen-bond donors (Lipinski definition) is 1. The first-order valence-corrected chi connectivity index (χ1v) is 13.9. The van der Waals surface area contributed by atoms with Gasteiger partial charge in [-0.05, 0) is 84.8 Å². The summed E-state index contributed by atoms with van der Waals surface area (Å²) in [6.45, 7) is 3.83. The van der Waals surface area contributed by atoms with Crippen LogP contribution in [-0.2, 0) is 10.2 Å². The first-order chi connectivity index (χ1) is 19.7. The van der Waals surface area contributed by atoms with E-state index >= 15 is 0 Å². The molecule has 0 aliphatic carbocycles. The van der Waals surface area contributed by atoms with E-state index in [0.29, 0.717) is 36.8 Å². The van der Waals surface area contributed by atoms with Gasteiger partial charge in [-0.3, -0.25) is 9.59 Å². The van der Waals surface area contributed by atoms with Gasteiger partial charge in [-0.1, -0.05) is 74.0 Å². The highest BCUT2D eigenvalue weighted by Crippen LogP contribution is 2.37. The second kappa shape index (κ2) is 13.4. The number of Topliss-reactive ketones (excluding diaryl/α,β-unsaturated/α-hetero) is 1. The van der Waals surface area contributed by atoms with Crippen LogP contribution < -0.4 is 5.32 Å². The number of benzene rings is 4. The van der Waals surface area contributed by atoms with Gasteiger partial charge < -0.3 is 5.32 Å². The van der Waals surface area contributed by atoms with Gasteiger partial charge in [0, 0.05) is 12.0 Å². The van der Waals surface area contributed by atoms with Gasteiger partial charge in [-0.15, -0.1) is 0 Å². The third kappa shape index (κ3) is 7.31. The molecule has 1 N–H and O–H groups in total. The molecule has 0 bridgehead atoms. The summed E-state index contributed by atoms with van der Waals surface area (Å²) in [7, 11) is 0. The van der Waals surface area contributed by atoms with Crippen LogP contribution in [0, 0.1) is 17.5 Å². The highest BCUT2D eigenvalue weighted by Gasteiger charge is 2.39. The number of nitrogens with one attached hydrogen (secondary N) is 1. The summed E-state index contributed by atoms with van der Waals surface area (Å²) in [5.41, 5.74) is 2.79. The molecule has 4 aromatic rings. The molecule has 1 amide bonds. The van der Waals surface area contributed by atoms with Crippen LogP contribution in [0.15, 0.2) is 97.1 Å². The zero-order valence-electron chi connectivity index (χ0n) is 23.3. The molecule has 41 heavy (non-hydrogen) atoms. The van der Waals surface area contributed by atoms with E-state index in [4.69, 9.17) is 0 Å². The molecule has 0 saturated carbocycles. The minimum absolute atomic E-state index is 0.0414. The molecule has 6 heteroatoms. The Balaban J connectivity index is 1.51. The van der Waals surface area contributed by atoms with E-state index in [1.165, 1.54) is 36.4 Å². The second-order valence-corrected chi connectivity index (χ2v) is 10.4.